The summed E-state index contributed by atoms with van der Waals surface area (Å²) in [5, 5.41) is 4.84. The lowest BCUT2D eigenvalue weighted by Crippen LogP contribution is -2.09. The van der Waals surface area contributed by atoms with Gasteiger partial charge in [0.05, 0.1) is 5.52 Å². The van der Waals surface area contributed by atoms with Crippen molar-refractivity contribution in [1.29, 1.82) is 0 Å². The molecule has 0 unspecified atom stereocenters. The molecule has 0 aliphatic heterocycles. The van der Waals surface area contributed by atoms with Crippen LogP contribution < -0.4 is 5.73 Å². The summed E-state index contributed by atoms with van der Waals surface area (Å²) in [6.07, 6.45) is 3.03. The highest BCUT2D eigenvalue weighted by Gasteiger charge is 2.11. The molecule has 3 aromatic rings. The van der Waals surface area contributed by atoms with E-state index in [4.69, 9.17) is 10.2 Å². The van der Waals surface area contributed by atoms with E-state index in [0.717, 1.165) is 11.1 Å². The minimum absolute atomic E-state index is 0.271. The average Bonchev–Trinajstić information content (AvgIpc) is 3.01. The van der Waals surface area contributed by atoms with Crippen molar-refractivity contribution in [3.05, 3.63) is 54.0 Å². The van der Waals surface area contributed by atoms with Crippen LogP contribution in [0.15, 0.2) is 46.9 Å². The fourth-order valence-electron chi connectivity index (χ4n) is 2.03. The molecule has 2 N–H and O–H groups in total. The Hall–Kier alpha value is -2.82. The van der Waals surface area contributed by atoms with Crippen molar-refractivity contribution < 1.29 is 9.21 Å². The quantitative estimate of drug-likeness (QED) is 0.724. The molecular weight excluding hydrogens is 254 g/mol. The Morgan fingerprint density at radius 1 is 1.30 bits per heavy atom. The molecule has 0 fully saturated rings. The topological polar surface area (TPSA) is 74.0 Å². The molecular formula is C15H13N3O2. The van der Waals surface area contributed by atoms with Crippen molar-refractivity contribution in [2.45, 2.75) is 6.92 Å². The number of aryl methyl sites for hydroxylation is 1. The first-order valence-corrected chi connectivity index (χ1v) is 6.17. The van der Waals surface area contributed by atoms with Gasteiger partial charge in [0.1, 0.15) is 11.5 Å². The Labute approximate surface area is 115 Å². The number of rotatable bonds is 2. The summed E-state index contributed by atoms with van der Waals surface area (Å²) in [5.74, 6) is 1.49. The largest absolute Gasteiger partial charge is 0.462 e. The maximum atomic E-state index is 12.2. The number of furan rings is 1. The Morgan fingerprint density at radius 3 is 2.85 bits per heavy atom. The van der Waals surface area contributed by atoms with E-state index in [2.05, 4.69) is 5.10 Å². The molecule has 5 nitrogen and oxygen atoms in total. The van der Waals surface area contributed by atoms with Gasteiger partial charge in [-0.25, -0.2) is 0 Å². The number of nitrogen functional groups attached to an aromatic ring is 1. The molecule has 2 heterocycles. The number of nitrogens with zero attached hydrogens (tertiary/aromatic N) is 2. The third kappa shape index (κ3) is 2.09. The van der Waals surface area contributed by atoms with E-state index in [1.54, 1.807) is 12.1 Å². The van der Waals surface area contributed by atoms with Crippen LogP contribution in [0.3, 0.4) is 0 Å². The standard InChI is InChI=1S/C15H13N3O2/c1-10-6-7-11(20-10)8-9-14(19)18-13-5-3-2-4-12(13)15(16)17-18/h2-9H,1H3,(H2,16,17)/b9-8+. The summed E-state index contributed by atoms with van der Waals surface area (Å²) in [6.45, 7) is 1.85. The van der Waals surface area contributed by atoms with Crippen molar-refractivity contribution in [3.63, 3.8) is 0 Å². The summed E-state index contributed by atoms with van der Waals surface area (Å²) in [4.78, 5) is 12.2. The third-order valence-electron chi connectivity index (χ3n) is 2.98. The van der Waals surface area contributed by atoms with Gasteiger partial charge in [-0.3, -0.25) is 4.79 Å². The summed E-state index contributed by atoms with van der Waals surface area (Å²) < 4.78 is 6.66. The van der Waals surface area contributed by atoms with E-state index in [1.165, 1.54) is 10.8 Å². The zero-order valence-electron chi connectivity index (χ0n) is 10.9. The van der Waals surface area contributed by atoms with Gasteiger partial charge in [-0.15, -0.1) is 5.10 Å². The maximum absolute atomic E-state index is 12.2. The van der Waals surface area contributed by atoms with Crippen LogP contribution in [0.4, 0.5) is 5.82 Å². The fourth-order valence-corrected chi connectivity index (χ4v) is 2.03. The van der Waals surface area contributed by atoms with Crippen molar-refractivity contribution >= 4 is 28.7 Å². The van der Waals surface area contributed by atoms with Crippen molar-refractivity contribution in [2.24, 2.45) is 0 Å². The number of hydrogen-bond acceptors (Lipinski definition) is 4. The van der Waals surface area contributed by atoms with Gasteiger partial charge in [-0.2, -0.15) is 4.68 Å². The lowest BCUT2D eigenvalue weighted by atomic mass is 10.2. The van der Waals surface area contributed by atoms with Gasteiger partial charge in [0.2, 0.25) is 0 Å². The highest BCUT2D eigenvalue weighted by atomic mass is 16.3. The molecule has 0 amide bonds. The molecule has 0 radical (unpaired) electrons. The Balaban J connectivity index is 1.95. The van der Waals surface area contributed by atoms with E-state index >= 15 is 0 Å². The molecule has 0 saturated heterocycles. The minimum Gasteiger partial charge on any atom is -0.462 e. The molecule has 2 aromatic heterocycles. The van der Waals surface area contributed by atoms with Gasteiger partial charge in [0, 0.05) is 11.5 Å². The van der Waals surface area contributed by atoms with Crippen LogP contribution in [0.5, 0.6) is 0 Å². The normalized spacial score (nSPS) is 11.4. The highest BCUT2D eigenvalue weighted by Crippen LogP contribution is 2.20. The lowest BCUT2D eigenvalue weighted by molar-refractivity contribution is 0.0960. The number of allylic oxidation sites excluding steroid dienone is 1. The second-order valence-corrected chi connectivity index (χ2v) is 4.43. The van der Waals surface area contributed by atoms with Gasteiger partial charge in [0.15, 0.2) is 5.82 Å². The molecule has 5 heteroatoms. The summed E-state index contributed by atoms with van der Waals surface area (Å²) in [7, 11) is 0. The molecule has 0 aliphatic rings. The third-order valence-corrected chi connectivity index (χ3v) is 2.98. The predicted octanol–water partition coefficient (Wildman–Crippen LogP) is 2.87. The number of para-hydroxylation sites is 1. The molecule has 0 atom stereocenters. The molecule has 20 heavy (non-hydrogen) atoms. The van der Waals surface area contributed by atoms with Crippen LogP contribution in [-0.2, 0) is 0 Å². The Bertz CT molecular complexity index is 812. The van der Waals surface area contributed by atoms with Crippen LogP contribution in [0.1, 0.15) is 16.3 Å². The van der Waals surface area contributed by atoms with Gasteiger partial charge in [-0.1, -0.05) is 12.1 Å². The second-order valence-electron chi connectivity index (χ2n) is 4.43. The van der Waals surface area contributed by atoms with E-state index < -0.39 is 0 Å². The maximum Gasteiger partial charge on any atom is 0.271 e. The first kappa shape index (κ1) is 12.2. The molecule has 0 bridgehead atoms. The Kier molecular flexibility index (Phi) is 2.87. The van der Waals surface area contributed by atoms with Crippen LogP contribution in [0, 0.1) is 6.92 Å². The van der Waals surface area contributed by atoms with Crippen molar-refractivity contribution in [3.8, 4) is 0 Å². The van der Waals surface area contributed by atoms with Gasteiger partial charge < -0.3 is 10.2 Å². The van der Waals surface area contributed by atoms with Crippen molar-refractivity contribution in [1.82, 2.24) is 9.78 Å². The van der Waals surface area contributed by atoms with E-state index in [1.807, 2.05) is 37.3 Å². The number of hydrogen-bond donors (Lipinski definition) is 1. The number of anilines is 1. The summed E-state index contributed by atoms with van der Waals surface area (Å²) in [5.41, 5.74) is 6.49. The van der Waals surface area contributed by atoms with Crippen LogP contribution in [-0.4, -0.2) is 15.7 Å². The van der Waals surface area contributed by atoms with Crippen molar-refractivity contribution in [2.75, 3.05) is 5.73 Å². The summed E-state index contributed by atoms with van der Waals surface area (Å²) >= 11 is 0. The van der Waals surface area contributed by atoms with E-state index in [9.17, 15) is 4.79 Å². The van der Waals surface area contributed by atoms with Crippen LogP contribution >= 0.6 is 0 Å². The fraction of sp³-hybridized carbons (Fsp3) is 0.0667. The highest BCUT2D eigenvalue weighted by molar-refractivity contribution is 6.01. The second kappa shape index (κ2) is 4.70. The van der Waals surface area contributed by atoms with Crippen LogP contribution in [0.2, 0.25) is 0 Å². The molecule has 0 aliphatic carbocycles. The lowest BCUT2D eigenvalue weighted by Gasteiger charge is -1.96. The van der Waals surface area contributed by atoms with E-state index in [-0.39, 0.29) is 5.91 Å². The van der Waals surface area contributed by atoms with E-state index in [0.29, 0.717) is 17.1 Å². The first-order chi connectivity index (χ1) is 9.65. The number of aromatic nitrogens is 2. The van der Waals surface area contributed by atoms with Gasteiger partial charge in [0.25, 0.3) is 5.91 Å². The van der Waals surface area contributed by atoms with Gasteiger partial charge in [-0.05, 0) is 37.3 Å². The zero-order valence-corrected chi connectivity index (χ0v) is 10.9. The number of benzene rings is 1. The zero-order chi connectivity index (χ0) is 14.1. The number of fused-ring (bicyclic) bond motifs is 1. The molecule has 0 saturated carbocycles. The number of carbonyl (C=O) groups excluding carboxylic acids is 1. The SMILES string of the molecule is Cc1ccc(/C=C/C(=O)n2nc(N)c3ccccc32)o1. The monoisotopic (exact) mass is 267 g/mol. The average molecular weight is 267 g/mol. The molecule has 3 rings (SSSR count). The number of nitrogens with two attached hydrogens (primary N) is 1. The minimum atomic E-state index is -0.271. The molecule has 0 spiro atoms. The molecule has 1 aromatic carbocycles. The molecule has 100 valence electrons. The van der Waals surface area contributed by atoms with Gasteiger partial charge >= 0.3 is 0 Å². The Morgan fingerprint density at radius 2 is 2.10 bits per heavy atom. The predicted molar refractivity (Wildman–Crippen MR) is 77.3 cm³/mol. The van der Waals surface area contributed by atoms with Crippen LogP contribution in [0.25, 0.3) is 17.0 Å². The summed E-state index contributed by atoms with van der Waals surface area (Å²) in [6, 6.07) is 11.0. The first-order valence-electron chi connectivity index (χ1n) is 6.17. The number of carbonyl (C=O) groups is 1. The smallest absolute Gasteiger partial charge is 0.271 e.